The van der Waals surface area contributed by atoms with Crippen LogP contribution in [0, 0.1) is 17.1 Å². The fourth-order valence-corrected chi connectivity index (χ4v) is 2.57. The van der Waals surface area contributed by atoms with Crippen LogP contribution in [0.1, 0.15) is 24.8 Å². The van der Waals surface area contributed by atoms with E-state index < -0.39 is 11.7 Å². The summed E-state index contributed by atoms with van der Waals surface area (Å²) in [6.07, 6.45) is 4.25. The number of nitrogens with two attached hydrogens (primary N) is 1. The summed E-state index contributed by atoms with van der Waals surface area (Å²) in [5.41, 5.74) is 5.83. The predicted octanol–water partition coefficient (Wildman–Crippen LogP) is 2.72. The molecule has 7 heteroatoms. The summed E-state index contributed by atoms with van der Waals surface area (Å²) in [5.74, 6) is -0.848. The lowest BCUT2D eigenvalue weighted by atomic mass is 9.85. The minimum atomic E-state index is -0.580. The van der Waals surface area contributed by atoms with Crippen LogP contribution in [0.4, 0.5) is 4.39 Å². The first-order chi connectivity index (χ1) is 10.9. The Hall–Kier alpha value is -2.08. The molecule has 1 aromatic carbocycles. The molecule has 5 nitrogen and oxygen atoms in total. The number of nitrogens with one attached hydrogen (secondary N) is 1. The lowest BCUT2D eigenvalue weighted by Crippen LogP contribution is -2.39. The number of amides is 1. The first kappa shape index (κ1) is 17.3. The molecule has 0 aliphatic heterocycles. The Balaban J connectivity index is 2.19. The van der Waals surface area contributed by atoms with Crippen LogP contribution in [-0.4, -0.2) is 27.6 Å². The van der Waals surface area contributed by atoms with Crippen molar-refractivity contribution in [1.82, 2.24) is 4.90 Å². The van der Waals surface area contributed by atoms with Crippen LogP contribution >= 0.6 is 11.6 Å². The number of allylic oxidation sites excluding steroid dienone is 1. The zero-order valence-corrected chi connectivity index (χ0v) is 13.3. The Morgan fingerprint density at radius 2 is 2.22 bits per heavy atom. The Morgan fingerprint density at radius 1 is 1.52 bits per heavy atom. The van der Waals surface area contributed by atoms with Gasteiger partial charge in [0.05, 0.1) is 0 Å². The highest BCUT2D eigenvalue weighted by atomic mass is 35.5. The lowest BCUT2D eigenvalue weighted by Gasteiger charge is -2.32. The van der Waals surface area contributed by atoms with Gasteiger partial charge in [0, 0.05) is 30.8 Å². The summed E-state index contributed by atoms with van der Waals surface area (Å²) >= 11 is 5.44. The zero-order valence-electron chi connectivity index (χ0n) is 12.6. The monoisotopic (exact) mass is 339 g/mol. The largest absolute Gasteiger partial charge is 0.508 e. The molecule has 2 rings (SSSR count). The number of hydrogen-bond acceptors (Lipinski definition) is 4. The molecule has 1 aliphatic rings. The second kappa shape index (κ2) is 7.46. The van der Waals surface area contributed by atoms with Gasteiger partial charge in [0.2, 0.25) is 0 Å². The van der Waals surface area contributed by atoms with Gasteiger partial charge < -0.3 is 15.7 Å². The molecule has 4 N–H and O–H groups in total. The van der Waals surface area contributed by atoms with Gasteiger partial charge in [0.15, 0.2) is 0 Å². The minimum absolute atomic E-state index is 0.0472. The minimum Gasteiger partial charge on any atom is -0.508 e. The smallest absolute Gasteiger partial charge is 0.270 e. The van der Waals surface area contributed by atoms with Gasteiger partial charge in [0.1, 0.15) is 22.4 Å². The molecule has 1 saturated carbocycles. The quantitative estimate of drug-likeness (QED) is 0.549. The van der Waals surface area contributed by atoms with Gasteiger partial charge in [-0.1, -0.05) is 24.1 Å². The highest BCUT2D eigenvalue weighted by Crippen LogP contribution is 2.28. The number of halogens is 2. The summed E-state index contributed by atoms with van der Waals surface area (Å²) in [7, 11) is 0. The molecule has 0 saturated heterocycles. The maximum absolute atomic E-state index is 13.9. The first-order valence-corrected chi connectivity index (χ1v) is 7.72. The zero-order chi connectivity index (χ0) is 17.0. The van der Waals surface area contributed by atoms with E-state index in [1.807, 2.05) is 0 Å². The van der Waals surface area contributed by atoms with E-state index in [1.165, 1.54) is 17.0 Å². The number of nitrogens with zero attached hydrogens (tertiary/aromatic N) is 1. The molecule has 0 radical (unpaired) electrons. The van der Waals surface area contributed by atoms with E-state index in [1.54, 1.807) is 0 Å². The van der Waals surface area contributed by atoms with Crippen molar-refractivity contribution >= 4 is 22.7 Å². The van der Waals surface area contributed by atoms with Crippen molar-refractivity contribution in [1.29, 1.82) is 5.41 Å². The van der Waals surface area contributed by atoms with Crippen LogP contribution < -0.4 is 5.73 Å². The molecule has 1 fully saturated rings. The van der Waals surface area contributed by atoms with Crippen LogP contribution in [0.5, 0.6) is 5.75 Å². The number of carbonyl (C=O) groups excluding carboxylic acids is 1. The Kier molecular flexibility index (Phi) is 5.60. The van der Waals surface area contributed by atoms with E-state index in [0.29, 0.717) is 18.0 Å². The Bertz CT molecular complexity index is 644. The third kappa shape index (κ3) is 4.69. The summed E-state index contributed by atoms with van der Waals surface area (Å²) in [4.78, 5) is 13.9. The maximum atomic E-state index is 13.9. The van der Waals surface area contributed by atoms with Crippen molar-refractivity contribution in [2.45, 2.75) is 25.8 Å². The van der Waals surface area contributed by atoms with Crippen molar-refractivity contribution in [3.8, 4) is 5.75 Å². The van der Waals surface area contributed by atoms with E-state index in [0.717, 1.165) is 31.4 Å². The summed E-state index contributed by atoms with van der Waals surface area (Å²) in [6, 6.07) is 3.82. The number of benzene rings is 1. The predicted molar refractivity (Wildman–Crippen MR) is 86.7 cm³/mol. The first-order valence-electron chi connectivity index (χ1n) is 7.34. The fraction of sp³-hybridized carbons (Fsp3) is 0.375. The third-order valence-corrected chi connectivity index (χ3v) is 4.03. The van der Waals surface area contributed by atoms with Gasteiger partial charge >= 0.3 is 0 Å². The second-order valence-electron chi connectivity index (χ2n) is 5.71. The SMILES string of the molecule is N=C(Cl)/C=C(\N)C(=O)N(Cc1ccc(O)cc1F)CC1CCC1. The molecular weight excluding hydrogens is 321 g/mol. The molecular formula is C16H19ClFN3O2. The topological polar surface area (TPSA) is 90.4 Å². The van der Waals surface area contributed by atoms with E-state index >= 15 is 0 Å². The van der Waals surface area contributed by atoms with Crippen LogP contribution in [-0.2, 0) is 11.3 Å². The fourth-order valence-electron chi connectivity index (χ4n) is 2.46. The van der Waals surface area contributed by atoms with Crippen LogP contribution in [0.15, 0.2) is 30.0 Å². The molecule has 0 unspecified atom stereocenters. The average molecular weight is 340 g/mol. The number of aromatic hydroxyl groups is 1. The Morgan fingerprint density at radius 3 is 2.74 bits per heavy atom. The van der Waals surface area contributed by atoms with Gasteiger partial charge in [0.25, 0.3) is 5.91 Å². The summed E-state index contributed by atoms with van der Waals surface area (Å²) in [6.45, 7) is 0.523. The average Bonchev–Trinajstić information content (AvgIpc) is 2.42. The van der Waals surface area contributed by atoms with Crippen LogP contribution in [0.2, 0.25) is 0 Å². The number of rotatable bonds is 6. The molecule has 0 spiro atoms. The molecule has 0 atom stereocenters. The molecule has 0 aromatic heterocycles. The number of phenolic OH excluding ortho intramolecular Hbond substituents is 1. The van der Waals surface area contributed by atoms with Gasteiger partial charge in [-0.15, -0.1) is 0 Å². The standard InChI is InChI=1S/C16H19ClFN3O2/c17-15(20)7-14(19)16(23)21(8-10-2-1-3-10)9-11-4-5-12(22)6-13(11)18/h4-7,10,20,22H,1-3,8-9,19H2/b14-7-,20-15?. The lowest BCUT2D eigenvalue weighted by molar-refractivity contribution is -0.128. The molecule has 1 aliphatic carbocycles. The van der Waals surface area contributed by atoms with Crippen molar-refractivity contribution in [2.75, 3.05) is 6.54 Å². The van der Waals surface area contributed by atoms with E-state index in [-0.39, 0.29) is 23.2 Å². The van der Waals surface area contributed by atoms with Gasteiger partial charge in [-0.05, 0) is 24.8 Å². The number of carbonyl (C=O) groups is 1. The molecule has 0 heterocycles. The number of phenols is 1. The van der Waals surface area contributed by atoms with E-state index in [9.17, 15) is 14.3 Å². The van der Waals surface area contributed by atoms with Gasteiger partial charge in [-0.25, -0.2) is 4.39 Å². The highest BCUT2D eigenvalue weighted by Gasteiger charge is 2.25. The summed E-state index contributed by atoms with van der Waals surface area (Å²) < 4.78 is 13.9. The third-order valence-electron chi connectivity index (χ3n) is 3.92. The summed E-state index contributed by atoms with van der Waals surface area (Å²) in [5, 5.41) is 16.1. The van der Waals surface area contributed by atoms with Crippen molar-refractivity contribution in [3.05, 3.63) is 41.4 Å². The molecule has 0 bridgehead atoms. The van der Waals surface area contributed by atoms with Gasteiger partial charge in [-0.2, -0.15) is 0 Å². The normalized spacial score (nSPS) is 15.1. The molecule has 23 heavy (non-hydrogen) atoms. The van der Waals surface area contributed by atoms with Gasteiger partial charge in [-0.3, -0.25) is 10.2 Å². The van der Waals surface area contributed by atoms with Crippen molar-refractivity contribution in [2.24, 2.45) is 11.7 Å². The highest BCUT2D eigenvalue weighted by molar-refractivity contribution is 6.67. The number of hydrogen-bond donors (Lipinski definition) is 3. The van der Waals surface area contributed by atoms with Crippen LogP contribution in [0.25, 0.3) is 0 Å². The van der Waals surface area contributed by atoms with Crippen LogP contribution in [0.3, 0.4) is 0 Å². The molecule has 1 aromatic rings. The van der Waals surface area contributed by atoms with E-state index in [2.05, 4.69) is 0 Å². The second-order valence-corrected chi connectivity index (χ2v) is 6.11. The molecule has 124 valence electrons. The van der Waals surface area contributed by atoms with Crippen molar-refractivity contribution < 1.29 is 14.3 Å². The molecule has 1 amide bonds. The maximum Gasteiger partial charge on any atom is 0.270 e. The Labute approximate surface area is 139 Å². The van der Waals surface area contributed by atoms with E-state index in [4.69, 9.17) is 22.7 Å². The van der Waals surface area contributed by atoms with Crippen molar-refractivity contribution in [3.63, 3.8) is 0 Å².